The lowest BCUT2D eigenvalue weighted by Crippen LogP contribution is -2.43. The van der Waals surface area contributed by atoms with Crippen LogP contribution in [0.15, 0.2) is 0 Å². The summed E-state index contributed by atoms with van der Waals surface area (Å²) in [6.45, 7) is 2.58. The van der Waals surface area contributed by atoms with Crippen LogP contribution in [0, 0.1) is 0 Å². The molecule has 4 heteroatoms. The monoisotopic (exact) mass is 240 g/mol. The summed E-state index contributed by atoms with van der Waals surface area (Å²) in [5.74, 6) is 0.264. The van der Waals surface area contributed by atoms with Gasteiger partial charge in [-0.15, -0.1) is 0 Å². The Hall–Kier alpha value is -0.610. The molecular weight excluding hydrogens is 216 g/mol. The van der Waals surface area contributed by atoms with E-state index in [1.54, 1.807) is 0 Å². The van der Waals surface area contributed by atoms with Gasteiger partial charge in [0.1, 0.15) is 0 Å². The van der Waals surface area contributed by atoms with E-state index >= 15 is 0 Å². The molecule has 1 aliphatic carbocycles. The topological polar surface area (TPSA) is 52.6 Å². The summed E-state index contributed by atoms with van der Waals surface area (Å²) < 4.78 is 0. The zero-order valence-corrected chi connectivity index (χ0v) is 10.5. The van der Waals surface area contributed by atoms with Gasteiger partial charge in [0.2, 0.25) is 5.91 Å². The van der Waals surface area contributed by atoms with Crippen molar-refractivity contribution in [1.29, 1.82) is 0 Å². The summed E-state index contributed by atoms with van der Waals surface area (Å²) in [5.41, 5.74) is 0. The number of nitrogens with zero attached hydrogens (tertiary/aromatic N) is 1. The minimum Gasteiger partial charge on any atom is -0.392 e. The van der Waals surface area contributed by atoms with E-state index in [2.05, 4.69) is 5.32 Å². The molecule has 17 heavy (non-hydrogen) atoms. The van der Waals surface area contributed by atoms with Crippen molar-refractivity contribution in [3.8, 4) is 0 Å². The summed E-state index contributed by atoms with van der Waals surface area (Å²) >= 11 is 0. The standard InChI is InChI=1S/C13H24N2O2/c16-12-6-2-1-5-11(12)14-8-7-13(17)15-9-3-4-10-15/h11-12,14,16H,1-10H2/t11-,12-/m0/s1. The maximum absolute atomic E-state index is 11.8. The van der Waals surface area contributed by atoms with Crippen molar-refractivity contribution in [2.45, 2.75) is 57.1 Å². The number of rotatable bonds is 4. The lowest BCUT2D eigenvalue weighted by molar-refractivity contribution is -0.130. The van der Waals surface area contributed by atoms with Gasteiger partial charge < -0.3 is 15.3 Å². The number of amides is 1. The van der Waals surface area contributed by atoms with Gasteiger partial charge >= 0.3 is 0 Å². The van der Waals surface area contributed by atoms with Crippen molar-refractivity contribution < 1.29 is 9.90 Å². The SMILES string of the molecule is O=C(CCN[C@H]1CCCC[C@@H]1O)N1CCCC1. The Balaban J connectivity index is 1.63. The number of hydrogen-bond acceptors (Lipinski definition) is 3. The highest BCUT2D eigenvalue weighted by molar-refractivity contribution is 5.76. The fourth-order valence-corrected chi connectivity index (χ4v) is 2.84. The van der Waals surface area contributed by atoms with Crippen LogP contribution >= 0.6 is 0 Å². The van der Waals surface area contributed by atoms with Gasteiger partial charge in [-0.25, -0.2) is 0 Å². The number of hydrogen-bond donors (Lipinski definition) is 2. The molecule has 0 aromatic rings. The van der Waals surface area contributed by atoms with Crippen LogP contribution in [-0.2, 0) is 4.79 Å². The molecule has 0 aromatic carbocycles. The van der Waals surface area contributed by atoms with E-state index in [0.29, 0.717) is 13.0 Å². The molecule has 1 saturated carbocycles. The minimum atomic E-state index is -0.217. The number of carbonyl (C=O) groups is 1. The number of aliphatic hydroxyl groups excluding tert-OH is 1. The third-order valence-corrected chi connectivity index (χ3v) is 3.93. The first kappa shape index (κ1) is 12.8. The first-order chi connectivity index (χ1) is 8.27. The molecule has 1 heterocycles. The number of likely N-dealkylation sites (tertiary alicyclic amines) is 1. The van der Waals surface area contributed by atoms with Crippen molar-refractivity contribution in [1.82, 2.24) is 10.2 Å². The molecule has 2 N–H and O–H groups in total. The fourth-order valence-electron chi connectivity index (χ4n) is 2.84. The normalized spacial score (nSPS) is 29.6. The molecule has 98 valence electrons. The Morgan fingerprint density at radius 2 is 1.88 bits per heavy atom. The van der Waals surface area contributed by atoms with Gasteiger partial charge in [-0.05, 0) is 25.7 Å². The van der Waals surface area contributed by atoms with Crippen LogP contribution in [-0.4, -0.2) is 47.7 Å². The molecule has 2 fully saturated rings. The molecule has 0 spiro atoms. The smallest absolute Gasteiger partial charge is 0.223 e. The zero-order chi connectivity index (χ0) is 12.1. The zero-order valence-electron chi connectivity index (χ0n) is 10.5. The van der Waals surface area contributed by atoms with Crippen molar-refractivity contribution in [3.63, 3.8) is 0 Å². The van der Waals surface area contributed by atoms with Crippen molar-refractivity contribution in [3.05, 3.63) is 0 Å². The first-order valence-electron chi connectivity index (χ1n) is 6.96. The highest BCUT2D eigenvalue weighted by atomic mass is 16.3. The van der Waals surface area contributed by atoms with E-state index in [4.69, 9.17) is 0 Å². The second-order valence-electron chi connectivity index (χ2n) is 5.25. The Bertz CT molecular complexity index is 252. The minimum absolute atomic E-state index is 0.204. The lowest BCUT2D eigenvalue weighted by Gasteiger charge is -2.28. The van der Waals surface area contributed by atoms with E-state index in [1.165, 1.54) is 6.42 Å². The van der Waals surface area contributed by atoms with E-state index in [9.17, 15) is 9.90 Å². The van der Waals surface area contributed by atoms with Gasteiger partial charge in [-0.3, -0.25) is 4.79 Å². The van der Waals surface area contributed by atoms with Gasteiger partial charge in [0.25, 0.3) is 0 Å². The van der Waals surface area contributed by atoms with E-state index in [-0.39, 0.29) is 18.1 Å². The largest absolute Gasteiger partial charge is 0.392 e. The quantitative estimate of drug-likeness (QED) is 0.767. The summed E-state index contributed by atoms with van der Waals surface area (Å²) in [5, 5.41) is 13.1. The maximum Gasteiger partial charge on any atom is 0.223 e. The number of nitrogens with one attached hydrogen (secondary N) is 1. The van der Waals surface area contributed by atoms with Crippen LogP contribution in [0.5, 0.6) is 0 Å². The summed E-state index contributed by atoms with van der Waals surface area (Å²) in [6.07, 6.45) is 6.92. The van der Waals surface area contributed by atoms with Gasteiger partial charge in [0, 0.05) is 32.1 Å². The van der Waals surface area contributed by atoms with E-state index in [0.717, 1.165) is 45.2 Å². The molecule has 0 bridgehead atoms. The van der Waals surface area contributed by atoms with Crippen molar-refractivity contribution in [2.24, 2.45) is 0 Å². The second kappa shape index (κ2) is 6.36. The maximum atomic E-state index is 11.8. The molecule has 1 saturated heterocycles. The molecule has 0 unspecified atom stereocenters. The van der Waals surface area contributed by atoms with Crippen molar-refractivity contribution >= 4 is 5.91 Å². The molecule has 2 atom stereocenters. The van der Waals surface area contributed by atoms with E-state index in [1.807, 2.05) is 4.90 Å². The van der Waals surface area contributed by atoms with Crippen LogP contribution in [0.25, 0.3) is 0 Å². The Morgan fingerprint density at radius 3 is 2.59 bits per heavy atom. The number of aliphatic hydroxyl groups is 1. The van der Waals surface area contributed by atoms with Crippen molar-refractivity contribution in [2.75, 3.05) is 19.6 Å². The van der Waals surface area contributed by atoms with Gasteiger partial charge in [-0.1, -0.05) is 12.8 Å². The summed E-state index contributed by atoms with van der Waals surface area (Å²) in [7, 11) is 0. The van der Waals surface area contributed by atoms with Crippen LogP contribution < -0.4 is 5.32 Å². The van der Waals surface area contributed by atoms with Crippen LogP contribution in [0.1, 0.15) is 44.9 Å². The summed E-state index contributed by atoms with van der Waals surface area (Å²) in [4.78, 5) is 13.7. The van der Waals surface area contributed by atoms with Gasteiger partial charge in [-0.2, -0.15) is 0 Å². The predicted molar refractivity (Wildman–Crippen MR) is 66.7 cm³/mol. The highest BCUT2D eigenvalue weighted by Gasteiger charge is 2.23. The average Bonchev–Trinajstić information content (AvgIpc) is 2.85. The molecule has 0 radical (unpaired) electrons. The molecule has 4 nitrogen and oxygen atoms in total. The van der Waals surface area contributed by atoms with E-state index < -0.39 is 0 Å². The van der Waals surface area contributed by atoms with Gasteiger partial charge in [0.05, 0.1) is 6.10 Å². The molecule has 0 aromatic heterocycles. The molecule has 1 aliphatic heterocycles. The van der Waals surface area contributed by atoms with Gasteiger partial charge in [0.15, 0.2) is 0 Å². The Kier molecular flexibility index (Phi) is 4.80. The van der Waals surface area contributed by atoms with Crippen LogP contribution in [0.2, 0.25) is 0 Å². The first-order valence-corrected chi connectivity index (χ1v) is 6.96. The van der Waals surface area contributed by atoms with Crippen LogP contribution in [0.4, 0.5) is 0 Å². The molecular formula is C13H24N2O2. The summed E-state index contributed by atoms with van der Waals surface area (Å²) in [6, 6.07) is 0.204. The average molecular weight is 240 g/mol. The third-order valence-electron chi connectivity index (χ3n) is 3.93. The highest BCUT2D eigenvalue weighted by Crippen LogP contribution is 2.18. The fraction of sp³-hybridized carbons (Fsp3) is 0.923. The number of carbonyl (C=O) groups excluding carboxylic acids is 1. The molecule has 1 amide bonds. The second-order valence-corrected chi connectivity index (χ2v) is 5.25. The van der Waals surface area contributed by atoms with Crippen LogP contribution in [0.3, 0.4) is 0 Å². The lowest BCUT2D eigenvalue weighted by atomic mass is 9.92. The Morgan fingerprint density at radius 1 is 1.18 bits per heavy atom. The Labute approximate surface area is 103 Å². The molecule has 2 aliphatic rings. The third kappa shape index (κ3) is 3.68. The molecule has 2 rings (SSSR count). The predicted octanol–water partition coefficient (Wildman–Crippen LogP) is 0.892.